The van der Waals surface area contributed by atoms with Crippen molar-refractivity contribution in [2.75, 3.05) is 5.75 Å². The number of rotatable bonds is 6. The minimum Gasteiger partial charge on any atom is -0.572 e. The van der Waals surface area contributed by atoms with Crippen LogP contribution in [0.3, 0.4) is 0 Å². The van der Waals surface area contributed by atoms with E-state index in [9.17, 15) is 21.6 Å². The highest BCUT2D eigenvalue weighted by Crippen LogP contribution is 2.40. The molecular weight excluding hydrogens is 407 g/mol. The lowest BCUT2D eigenvalue weighted by molar-refractivity contribution is -0.106. The second kappa shape index (κ2) is 8.28. The number of nitrogens with zero attached hydrogens (tertiary/aromatic N) is 1. The molecule has 8 heteroatoms. The maximum atomic E-state index is 12.6. The Kier molecular flexibility index (Phi) is 6.00. The SMILES string of the molecule is O=S(=O)(CC(F)(F)F)[N-]c1ccccc1[S+](c1ccccc1)c1ccccc1. The van der Waals surface area contributed by atoms with Crippen molar-refractivity contribution in [2.24, 2.45) is 0 Å². The molecular formula is C20H16F3NO2S2. The molecule has 0 saturated heterocycles. The van der Waals surface area contributed by atoms with Crippen molar-refractivity contribution >= 4 is 26.6 Å². The number of alkyl halides is 3. The Balaban J connectivity index is 2.08. The molecule has 0 amide bonds. The van der Waals surface area contributed by atoms with Gasteiger partial charge in [-0.15, -0.1) is 0 Å². The molecule has 28 heavy (non-hydrogen) atoms. The summed E-state index contributed by atoms with van der Waals surface area (Å²) in [6.07, 6.45) is -4.85. The molecule has 0 unspecified atom stereocenters. The van der Waals surface area contributed by atoms with Crippen molar-refractivity contribution < 1.29 is 21.6 Å². The summed E-state index contributed by atoms with van der Waals surface area (Å²) in [6, 6.07) is 25.2. The molecule has 0 N–H and O–H groups in total. The summed E-state index contributed by atoms with van der Waals surface area (Å²) in [5.41, 5.74) is 0.0165. The van der Waals surface area contributed by atoms with E-state index in [-0.39, 0.29) is 5.69 Å². The Morgan fingerprint density at radius 3 is 1.71 bits per heavy atom. The van der Waals surface area contributed by atoms with Crippen LogP contribution >= 0.6 is 0 Å². The fourth-order valence-corrected chi connectivity index (χ4v) is 5.77. The summed E-state index contributed by atoms with van der Waals surface area (Å²) in [6.45, 7) is 0. The molecule has 3 aromatic rings. The van der Waals surface area contributed by atoms with E-state index in [0.717, 1.165) is 9.79 Å². The molecule has 3 nitrogen and oxygen atoms in total. The highest BCUT2D eigenvalue weighted by atomic mass is 32.2. The van der Waals surface area contributed by atoms with Crippen molar-refractivity contribution in [2.45, 2.75) is 20.9 Å². The molecule has 0 bridgehead atoms. The summed E-state index contributed by atoms with van der Waals surface area (Å²) in [5, 5.41) is 0. The lowest BCUT2D eigenvalue weighted by atomic mass is 10.3. The van der Waals surface area contributed by atoms with Crippen molar-refractivity contribution in [1.29, 1.82) is 0 Å². The van der Waals surface area contributed by atoms with Crippen LogP contribution in [0.2, 0.25) is 0 Å². The topological polar surface area (TPSA) is 48.2 Å². The third kappa shape index (κ3) is 5.30. The van der Waals surface area contributed by atoms with E-state index < -0.39 is 32.8 Å². The van der Waals surface area contributed by atoms with Crippen LogP contribution < -0.4 is 0 Å². The van der Waals surface area contributed by atoms with Crippen LogP contribution in [0.15, 0.2) is 99.6 Å². The van der Waals surface area contributed by atoms with E-state index in [2.05, 4.69) is 4.72 Å². The Bertz CT molecular complexity index is 985. The lowest BCUT2D eigenvalue weighted by Crippen LogP contribution is -2.21. The summed E-state index contributed by atoms with van der Waals surface area (Å²) < 4.78 is 65.3. The first kappa shape index (κ1) is 20.3. The highest BCUT2D eigenvalue weighted by molar-refractivity contribution is 7.97. The molecule has 0 atom stereocenters. The van der Waals surface area contributed by atoms with Crippen molar-refractivity contribution in [1.82, 2.24) is 0 Å². The molecule has 146 valence electrons. The summed E-state index contributed by atoms with van der Waals surface area (Å²) in [7, 11) is -5.43. The predicted molar refractivity (Wildman–Crippen MR) is 104 cm³/mol. The molecule has 0 aliphatic heterocycles. The third-order valence-electron chi connectivity index (χ3n) is 3.63. The van der Waals surface area contributed by atoms with Gasteiger partial charge < -0.3 is 4.72 Å². The molecule has 0 heterocycles. The first-order valence-electron chi connectivity index (χ1n) is 8.21. The fraction of sp³-hybridized carbons (Fsp3) is 0.100. The predicted octanol–water partition coefficient (Wildman–Crippen LogP) is 5.68. The summed E-state index contributed by atoms with van der Waals surface area (Å²) in [5.74, 6) is -1.99. The van der Waals surface area contributed by atoms with Gasteiger partial charge in [0.25, 0.3) is 0 Å². The van der Waals surface area contributed by atoms with Gasteiger partial charge in [0.2, 0.25) is 0 Å². The van der Waals surface area contributed by atoms with Crippen molar-refractivity contribution in [3.05, 3.63) is 89.7 Å². The quantitative estimate of drug-likeness (QED) is 0.479. The van der Waals surface area contributed by atoms with E-state index in [4.69, 9.17) is 0 Å². The van der Waals surface area contributed by atoms with Crippen LogP contribution in [0.4, 0.5) is 18.9 Å². The number of hydrogen-bond donors (Lipinski definition) is 0. The van der Waals surface area contributed by atoms with Gasteiger partial charge in [0.05, 0.1) is 10.9 Å². The highest BCUT2D eigenvalue weighted by Gasteiger charge is 2.33. The average Bonchev–Trinajstić information content (AvgIpc) is 2.63. The van der Waals surface area contributed by atoms with Crippen LogP contribution in [0.5, 0.6) is 0 Å². The second-order valence-corrected chi connectivity index (χ2v) is 9.46. The monoisotopic (exact) mass is 423 g/mol. The maximum Gasteiger partial charge on any atom is 0.401 e. The third-order valence-corrected chi connectivity index (χ3v) is 7.07. The zero-order chi connectivity index (χ0) is 20.2. The normalized spacial score (nSPS) is 12.1. The minimum atomic E-state index is -4.85. The Hall–Kier alpha value is -2.45. The Morgan fingerprint density at radius 2 is 1.21 bits per heavy atom. The van der Waals surface area contributed by atoms with Gasteiger partial charge in [0, 0.05) is 0 Å². The molecule has 0 fully saturated rings. The van der Waals surface area contributed by atoms with Crippen LogP contribution in [-0.4, -0.2) is 20.3 Å². The first-order chi connectivity index (χ1) is 13.3. The number of hydrogen-bond acceptors (Lipinski definition) is 2. The number of benzene rings is 3. The van der Waals surface area contributed by atoms with Crippen LogP contribution in [-0.2, 0) is 20.9 Å². The van der Waals surface area contributed by atoms with Gasteiger partial charge in [-0.3, -0.25) is 0 Å². The molecule has 0 saturated carbocycles. The van der Waals surface area contributed by atoms with E-state index in [1.54, 1.807) is 18.2 Å². The fourth-order valence-electron chi connectivity index (χ4n) is 2.60. The largest absolute Gasteiger partial charge is 0.572 e. The van der Waals surface area contributed by atoms with Crippen LogP contribution in [0, 0.1) is 0 Å². The number of sulfonamides is 1. The van der Waals surface area contributed by atoms with Crippen LogP contribution in [0.1, 0.15) is 0 Å². The van der Waals surface area contributed by atoms with Gasteiger partial charge in [-0.05, 0) is 30.3 Å². The molecule has 0 aromatic heterocycles. The van der Waals surface area contributed by atoms with Gasteiger partial charge >= 0.3 is 6.18 Å². The maximum absolute atomic E-state index is 12.6. The average molecular weight is 423 g/mol. The first-order valence-corrected chi connectivity index (χ1v) is 11.0. The Labute approximate surface area is 164 Å². The smallest absolute Gasteiger partial charge is 0.401 e. The van der Waals surface area contributed by atoms with Gasteiger partial charge in [0.1, 0.15) is 15.8 Å². The lowest BCUT2D eigenvalue weighted by Gasteiger charge is -2.24. The summed E-state index contributed by atoms with van der Waals surface area (Å²) in [4.78, 5) is 2.36. The number of halogens is 3. The molecule has 0 radical (unpaired) electrons. The molecule has 0 spiro atoms. The molecule has 0 aliphatic carbocycles. The molecule has 3 aromatic carbocycles. The van der Waals surface area contributed by atoms with Crippen LogP contribution in [0.25, 0.3) is 4.72 Å². The van der Waals surface area contributed by atoms with Gasteiger partial charge in [-0.1, -0.05) is 60.3 Å². The standard InChI is InChI=1S/C20H16F3NO2S2/c21-20(22,23)15-28(25,26)24-18-13-7-8-14-19(18)27(16-9-3-1-4-10-16)17-11-5-2-6-12-17/h1-14H,15H2. The van der Waals surface area contributed by atoms with Crippen molar-refractivity contribution in [3.63, 3.8) is 0 Å². The van der Waals surface area contributed by atoms with Gasteiger partial charge in [-0.2, -0.15) is 13.2 Å². The van der Waals surface area contributed by atoms with Gasteiger partial charge in [0.15, 0.2) is 14.7 Å². The minimum absolute atomic E-state index is 0.0165. The Morgan fingerprint density at radius 1 is 0.750 bits per heavy atom. The van der Waals surface area contributed by atoms with E-state index in [0.29, 0.717) is 4.90 Å². The van der Waals surface area contributed by atoms with E-state index in [1.807, 2.05) is 60.7 Å². The zero-order valence-corrected chi connectivity index (χ0v) is 16.1. The molecule has 3 rings (SSSR count). The summed E-state index contributed by atoms with van der Waals surface area (Å²) >= 11 is 0. The van der Waals surface area contributed by atoms with Crippen molar-refractivity contribution in [3.8, 4) is 0 Å². The van der Waals surface area contributed by atoms with Gasteiger partial charge in [-0.25, -0.2) is 8.42 Å². The molecule has 0 aliphatic rings. The second-order valence-electron chi connectivity index (χ2n) is 5.83. The zero-order valence-electron chi connectivity index (χ0n) is 14.5. The van der Waals surface area contributed by atoms with E-state index in [1.165, 1.54) is 6.07 Å². The van der Waals surface area contributed by atoms with E-state index >= 15 is 0 Å².